The Hall–Kier alpha value is -1.05. The number of hydrogen-bond acceptors (Lipinski definition) is 7. The molecule has 0 heterocycles. The molecule has 52 heavy (non-hydrogen) atoms. The van der Waals surface area contributed by atoms with Gasteiger partial charge in [0, 0.05) is 17.3 Å². The highest BCUT2D eigenvalue weighted by molar-refractivity contribution is 7.81. The molecule has 0 aromatic rings. The topological polar surface area (TPSA) is 90.7 Å². The molecule has 2 aliphatic rings. The van der Waals surface area contributed by atoms with Gasteiger partial charge in [-0.2, -0.15) is 12.6 Å². The van der Waals surface area contributed by atoms with Crippen LogP contribution in [0.15, 0.2) is 12.2 Å². The number of rotatable bonds is 19. The summed E-state index contributed by atoms with van der Waals surface area (Å²) in [6, 6.07) is 1.00. The molecule has 0 aromatic heterocycles. The highest BCUT2D eigenvalue weighted by Crippen LogP contribution is 2.61. The zero-order valence-electron chi connectivity index (χ0n) is 36.3. The Labute approximate surface area is 327 Å². The zero-order valence-corrected chi connectivity index (χ0v) is 37.2. The van der Waals surface area contributed by atoms with Gasteiger partial charge in [-0.3, -0.25) is 9.59 Å². The van der Waals surface area contributed by atoms with Crippen molar-refractivity contribution in [3.05, 3.63) is 12.2 Å². The predicted molar refractivity (Wildman–Crippen MR) is 224 cm³/mol. The molecular weight excluding hydrogens is 665 g/mol. The minimum atomic E-state index is -0.792. The SMILES string of the molecule is C=C(CCCOC(=O)C(C)(CC(C)(C)C)C(C)(C)C(C)(C)CC(C)(C(=O)OCCCNC1CCC(CC2CCC(N)CC2)CC1)C(C)(C)C)C(C)S. The molecule has 3 N–H and O–H groups in total. The van der Waals surface area contributed by atoms with Crippen molar-refractivity contribution in [2.75, 3.05) is 19.8 Å². The number of esters is 2. The number of nitrogens with two attached hydrogens (primary N) is 1. The second-order valence-corrected chi connectivity index (χ2v) is 21.9. The summed E-state index contributed by atoms with van der Waals surface area (Å²) in [5, 5.41) is 3.89. The number of thiol groups is 1. The van der Waals surface area contributed by atoms with Crippen LogP contribution in [0.25, 0.3) is 0 Å². The third kappa shape index (κ3) is 13.0. The lowest BCUT2D eigenvalue weighted by Gasteiger charge is -2.56. The lowest BCUT2D eigenvalue weighted by Crippen LogP contribution is -2.55. The Kier molecular flexibility index (Phi) is 17.4. The molecule has 0 radical (unpaired) electrons. The van der Waals surface area contributed by atoms with Gasteiger partial charge in [-0.1, -0.05) is 81.4 Å². The number of carbonyl (C=O) groups is 2. The molecule has 304 valence electrons. The molecule has 0 spiro atoms. The van der Waals surface area contributed by atoms with Gasteiger partial charge < -0.3 is 20.5 Å². The fraction of sp³-hybridized carbons (Fsp3) is 0.911. The molecule has 0 saturated heterocycles. The minimum absolute atomic E-state index is 0.111. The average Bonchev–Trinajstić information content (AvgIpc) is 3.02. The van der Waals surface area contributed by atoms with E-state index in [1.54, 1.807) is 0 Å². The standard InChI is InChI=1S/C45H84N2O4S/c1-32(33(2)52)17-15-27-50-39(49)45(14,30-40(3,4)5)43(11,12)42(9,10)31-44(13,41(6,7)8)38(48)51-28-16-26-47-37-24-20-35(21-25-37)29-34-18-22-36(46)23-19-34/h33-37,47,52H,1,15-31,46H2,2-14H3. The highest BCUT2D eigenvalue weighted by atomic mass is 32.1. The fourth-order valence-electron chi connectivity index (χ4n) is 9.14. The Morgan fingerprint density at radius 1 is 0.750 bits per heavy atom. The third-order valence-electron chi connectivity index (χ3n) is 14.2. The van der Waals surface area contributed by atoms with E-state index in [-0.39, 0.29) is 28.0 Å². The molecule has 2 saturated carbocycles. The summed E-state index contributed by atoms with van der Waals surface area (Å²) < 4.78 is 12.2. The van der Waals surface area contributed by atoms with Crippen molar-refractivity contribution in [2.45, 2.75) is 197 Å². The second-order valence-electron chi connectivity index (χ2n) is 21.1. The van der Waals surface area contributed by atoms with Gasteiger partial charge in [-0.15, -0.1) is 0 Å². The maximum atomic E-state index is 14.2. The van der Waals surface area contributed by atoms with Crippen molar-refractivity contribution in [3.63, 3.8) is 0 Å². The molecule has 0 aliphatic heterocycles. The van der Waals surface area contributed by atoms with Gasteiger partial charge in [-0.05, 0) is 151 Å². The van der Waals surface area contributed by atoms with Crippen molar-refractivity contribution in [3.8, 4) is 0 Å². The molecular formula is C45H84N2O4S. The number of ether oxygens (including phenoxy) is 2. The van der Waals surface area contributed by atoms with Crippen molar-refractivity contribution in [1.82, 2.24) is 5.32 Å². The molecule has 2 aliphatic carbocycles. The maximum Gasteiger partial charge on any atom is 0.312 e. The van der Waals surface area contributed by atoms with E-state index in [2.05, 4.69) is 108 Å². The van der Waals surface area contributed by atoms with E-state index in [9.17, 15) is 9.59 Å². The molecule has 0 amide bonds. The molecule has 7 heteroatoms. The van der Waals surface area contributed by atoms with Crippen molar-refractivity contribution in [1.29, 1.82) is 0 Å². The first-order valence-electron chi connectivity index (χ1n) is 20.9. The van der Waals surface area contributed by atoms with Gasteiger partial charge >= 0.3 is 11.9 Å². The van der Waals surface area contributed by atoms with Crippen molar-refractivity contribution >= 4 is 24.6 Å². The van der Waals surface area contributed by atoms with E-state index in [1.165, 1.54) is 57.8 Å². The van der Waals surface area contributed by atoms with E-state index in [1.807, 2.05) is 6.92 Å². The van der Waals surface area contributed by atoms with Gasteiger partial charge in [0.1, 0.15) is 0 Å². The zero-order chi connectivity index (χ0) is 39.8. The van der Waals surface area contributed by atoms with E-state index < -0.39 is 21.7 Å². The van der Waals surface area contributed by atoms with Crippen LogP contribution in [-0.4, -0.2) is 49.0 Å². The minimum Gasteiger partial charge on any atom is -0.465 e. The van der Waals surface area contributed by atoms with Gasteiger partial charge in [-0.25, -0.2) is 0 Å². The summed E-state index contributed by atoms with van der Waals surface area (Å²) in [5.41, 5.74) is 4.21. The summed E-state index contributed by atoms with van der Waals surface area (Å²) in [4.78, 5) is 28.3. The summed E-state index contributed by atoms with van der Waals surface area (Å²) in [5.74, 6) is 1.45. The van der Waals surface area contributed by atoms with Crippen LogP contribution < -0.4 is 11.1 Å². The predicted octanol–water partition coefficient (Wildman–Crippen LogP) is 11.1. The van der Waals surface area contributed by atoms with Gasteiger partial charge in [0.25, 0.3) is 0 Å². The quantitative estimate of drug-likeness (QED) is 0.0527. The molecule has 0 bridgehead atoms. The van der Waals surface area contributed by atoms with Crippen molar-refractivity contribution in [2.24, 2.45) is 50.1 Å². The average molecular weight is 749 g/mol. The van der Waals surface area contributed by atoms with Crippen LogP contribution in [0.3, 0.4) is 0 Å². The molecule has 2 rings (SSSR count). The summed E-state index contributed by atoms with van der Waals surface area (Å²) in [6.45, 7) is 33.7. The lowest BCUT2D eigenvalue weighted by molar-refractivity contribution is -0.181. The van der Waals surface area contributed by atoms with E-state index in [4.69, 9.17) is 15.2 Å². The Morgan fingerprint density at radius 2 is 1.23 bits per heavy atom. The summed E-state index contributed by atoms with van der Waals surface area (Å²) in [6.07, 6.45) is 15.1. The Balaban J connectivity index is 2.02. The van der Waals surface area contributed by atoms with E-state index in [0.29, 0.717) is 38.1 Å². The smallest absolute Gasteiger partial charge is 0.312 e. The first-order chi connectivity index (χ1) is 23.8. The summed E-state index contributed by atoms with van der Waals surface area (Å²) in [7, 11) is 0. The monoisotopic (exact) mass is 749 g/mol. The van der Waals surface area contributed by atoms with Crippen LogP contribution in [0.5, 0.6) is 0 Å². The molecule has 6 nitrogen and oxygen atoms in total. The van der Waals surface area contributed by atoms with Crippen LogP contribution in [0.4, 0.5) is 0 Å². The van der Waals surface area contributed by atoms with Crippen LogP contribution >= 0.6 is 12.6 Å². The van der Waals surface area contributed by atoms with Gasteiger partial charge in [0.05, 0.1) is 24.0 Å². The van der Waals surface area contributed by atoms with Crippen LogP contribution in [0, 0.1) is 44.3 Å². The van der Waals surface area contributed by atoms with E-state index in [0.717, 1.165) is 43.2 Å². The Morgan fingerprint density at radius 3 is 1.71 bits per heavy atom. The van der Waals surface area contributed by atoms with Crippen LogP contribution in [-0.2, 0) is 19.1 Å². The van der Waals surface area contributed by atoms with Gasteiger partial charge in [0.15, 0.2) is 0 Å². The first kappa shape index (κ1) is 47.1. The first-order valence-corrected chi connectivity index (χ1v) is 21.5. The van der Waals surface area contributed by atoms with Crippen molar-refractivity contribution < 1.29 is 19.1 Å². The van der Waals surface area contributed by atoms with Gasteiger partial charge in [0.2, 0.25) is 0 Å². The number of hydrogen-bond donors (Lipinski definition) is 3. The molecule has 3 atom stereocenters. The van der Waals surface area contributed by atoms with Crippen LogP contribution in [0.1, 0.15) is 180 Å². The van der Waals surface area contributed by atoms with Crippen LogP contribution in [0.2, 0.25) is 0 Å². The molecule has 3 unspecified atom stereocenters. The molecule has 0 aromatic carbocycles. The second kappa shape index (κ2) is 19.2. The molecule has 2 fully saturated rings. The van der Waals surface area contributed by atoms with E-state index >= 15 is 0 Å². The fourth-order valence-corrected chi connectivity index (χ4v) is 9.27. The highest BCUT2D eigenvalue weighted by Gasteiger charge is 2.60. The number of carbonyl (C=O) groups excluding carboxylic acids is 2. The number of nitrogens with one attached hydrogen (secondary N) is 1. The lowest BCUT2D eigenvalue weighted by atomic mass is 9.47. The summed E-state index contributed by atoms with van der Waals surface area (Å²) >= 11 is 4.49. The largest absolute Gasteiger partial charge is 0.465 e. The Bertz CT molecular complexity index is 1130. The normalized spacial score (nSPS) is 25.1. The maximum absolute atomic E-state index is 14.2. The third-order valence-corrected chi connectivity index (χ3v) is 14.5.